The maximum absolute atomic E-state index is 13.0. The van der Waals surface area contributed by atoms with Crippen LogP contribution < -0.4 is 4.74 Å². The lowest BCUT2D eigenvalue weighted by molar-refractivity contribution is 0.0900. The van der Waals surface area contributed by atoms with Gasteiger partial charge in [-0.15, -0.1) is 0 Å². The molecule has 0 fully saturated rings. The third kappa shape index (κ3) is 2.54. The van der Waals surface area contributed by atoms with Crippen molar-refractivity contribution in [2.45, 2.75) is 19.3 Å². The van der Waals surface area contributed by atoms with Gasteiger partial charge in [-0.25, -0.2) is 9.37 Å². The minimum absolute atomic E-state index is 0.165. The zero-order valence-electron chi connectivity index (χ0n) is 11.7. The zero-order valence-corrected chi connectivity index (χ0v) is 11.7. The summed E-state index contributed by atoms with van der Waals surface area (Å²) in [5.74, 6) is -0.0540. The standard InChI is InChI=1S/C16H16FNO2/c1-16(2,11-6-8-12(17)9-7-11)15(19)14-13(20-3)5-4-10-18-14/h4-10H,1-3H3. The van der Waals surface area contributed by atoms with Crippen LogP contribution in [0.25, 0.3) is 0 Å². The van der Waals surface area contributed by atoms with E-state index in [0.29, 0.717) is 5.75 Å². The van der Waals surface area contributed by atoms with Crippen molar-refractivity contribution in [2.24, 2.45) is 0 Å². The first-order chi connectivity index (χ1) is 9.46. The Balaban J connectivity index is 2.43. The Morgan fingerprint density at radius 1 is 1.20 bits per heavy atom. The summed E-state index contributed by atoms with van der Waals surface area (Å²) >= 11 is 0. The normalized spacial score (nSPS) is 11.2. The van der Waals surface area contributed by atoms with E-state index in [1.54, 1.807) is 44.3 Å². The van der Waals surface area contributed by atoms with Crippen molar-refractivity contribution in [3.63, 3.8) is 0 Å². The number of Topliss-reactive ketones (excluding diaryl/α,β-unsaturated/α-hetero) is 1. The highest BCUT2D eigenvalue weighted by Gasteiger charge is 2.33. The van der Waals surface area contributed by atoms with Gasteiger partial charge in [0.25, 0.3) is 0 Å². The first-order valence-electron chi connectivity index (χ1n) is 6.26. The van der Waals surface area contributed by atoms with E-state index in [1.165, 1.54) is 19.2 Å². The van der Waals surface area contributed by atoms with Gasteiger partial charge in [0, 0.05) is 6.20 Å². The maximum atomic E-state index is 13.0. The summed E-state index contributed by atoms with van der Waals surface area (Å²) in [5.41, 5.74) is 0.205. The molecule has 0 amide bonds. The van der Waals surface area contributed by atoms with Gasteiger partial charge in [-0.3, -0.25) is 4.79 Å². The van der Waals surface area contributed by atoms with Gasteiger partial charge in [0.1, 0.15) is 17.3 Å². The van der Waals surface area contributed by atoms with Gasteiger partial charge in [-0.1, -0.05) is 12.1 Å². The number of hydrogen-bond acceptors (Lipinski definition) is 3. The Hall–Kier alpha value is -2.23. The van der Waals surface area contributed by atoms with E-state index in [1.807, 2.05) is 0 Å². The minimum Gasteiger partial charge on any atom is -0.494 e. The zero-order chi connectivity index (χ0) is 14.8. The Morgan fingerprint density at radius 2 is 1.85 bits per heavy atom. The second-order valence-corrected chi connectivity index (χ2v) is 5.02. The molecule has 0 unspecified atom stereocenters. The predicted octanol–water partition coefficient (Wildman–Crippen LogP) is 3.39. The Bertz CT molecular complexity index is 621. The summed E-state index contributed by atoms with van der Waals surface area (Å²) in [4.78, 5) is 16.8. The van der Waals surface area contributed by atoms with Crippen LogP contribution in [0.4, 0.5) is 4.39 Å². The van der Waals surface area contributed by atoms with Gasteiger partial charge in [0.15, 0.2) is 5.78 Å². The summed E-state index contributed by atoms with van der Waals surface area (Å²) < 4.78 is 18.2. The molecule has 1 aromatic carbocycles. The number of hydrogen-bond donors (Lipinski definition) is 0. The van der Waals surface area contributed by atoms with E-state index in [2.05, 4.69) is 4.98 Å². The molecule has 20 heavy (non-hydrogen) atoms. The molecular weight excluding hydrogens is 257 g/mol. The van der Waals surface area contributed by atoms with Crippen LogP contribution in [0.15, 0.2) is 42.6 Å². The fourth-order valence-electron chi connectivity index (χ4n) is 2.02. The largest absolute Gasteiger partial charge is 0.494 e. The fraction of sp³-hybridized carbons (Fsp3) is 0.250. The third-order valence-corrected chi connectivity index (χ3v) is 3.34. The first kappa shape index (κ1) is 14.2. The van der Waals surface area contributed by atoms with Crippen molar-refractivity contribution in [3.05, 3.63) is 59.7 Å². The summed E-state index contributed by atoms with van der Waals surface area (Å²) in [6.45, 7) is 3.58. The third-order valence-electron chi connectivity index (χ3n) is 3.34. The second-order valence-electron chi connectivity index (χ2n) is 5.02. The van der Waals surface area contributed by atoms with Crippen LogP contribution >= 0.6 is 0 Å². The number of methoxy groups -OCH3 is 1. The lowest BCUT2D eigenvalue weighted by Crippen LogP contribution is -2.30. The number of carbonyl (C=O) groups excluding carboxylic acids is 1. The number of ether oxygens (including phenoxy) is 1. The number of rotatable bonds is 4. The van der Waals surface area contributed by atoms with Crippen molar-refractivity contribution >= 4 is 5.78 Å². The fourth-order valence-corrected chi connectivity index (χ4v) is 2.02. The molecule has 0 aliphatic carbocycles. The lowest BCUT2D eigenvalue weighted by Gasteiger charge is -2.24. The van der Waals surface area contributed by atoms with Crippen LogP contribution in [0.5, 0.6) is 5.75 Å². The number of nitrogens with zero attached hydrogens (tertiary/aromatic N) is 1. The molecule has 0 aliphatic heterocycles. The number of carbonyl (C=O) groups is 1. The summed E-state index contributed by atoms with van der Waals surface area (Å²) in [6, 6.07) is 9.33. The Morgan fingerprint density at radius 3 is 2.45 bits per heavy atom. The van der Waals surface area contributed by atoms with Crippen molar-refractivity contribution in [3.8, 4) is 5.75 Å². The molecule has 0 N–H and O–H groups in total. The molecule has 1 heterocycles. The molecule has 104 valence electrons. The number of benzene rings is 1. The van der Waals surface area contributed by atoms with Crippen LogP contribution in [0, 0.1) is 5.82 Å². The van der Waals surface area contributed by atoms with Gasteiger partial charge >= 0.3 is 0 Å². The summed E-state index contributed by atoms with van der Waals surface area (Å²) in [5, 5.41) is 0. The predicted molar refractivity (Wildman–Crippen MR) is 74.5 cm³/mol. The number of aromatic nitrogens is 1. The van der Waals surface area contributed by atoms with Crippen molar-refractivity contribution in [2.75, 3.05) is 7.11 Å². The molecular formula is C16H16FNO2. The average molecular weight is 273 g/mol. The summed E-state index contributed by atoms with van der Waals surface area (Å²) in [6.07, 6.45) is 1.55. The van der Waals surface area contributed by atoms with Crippen LogP contribution in [-0.2, 0) is 5.41 Å². The highest BCUT2D eigenvalue weighted by molar-refractivity contribution is 6.04. The van der Waals surface area contributed by atoms with Gasteiger partial charge in [-0.2, -0.15) is 0 Å². The summed E-state index contributed by atoms with van der Waals surface area (Å²) in [7, 11) is 1.50. The van der Waals surface area contributed by atoms with Crippen molar-refractivity contribution in [1.82, 2.24) is 4.98 Å². The lowest BCUT2D eigenvalue weighted by atomic mass is 9.79. The first-order valence-corrected chi connectivity index (χ1v) is 6.26. The van der Waals surface area contributed by atoms with Gasteiger partial charge in [-0.05, 0) is 43.7 Å². The molecule has 0 aliphatic rings. The molecule has 4 heteroatoms. The van der Waals surface area contributed by atoms with E-state index < -0.39 is 5.41 Å². The van der Waals surface area contributed by atoms with Crippen LogP contribution in [0.3, 0.4) is 0 Å². The minimum atomic E-state index is -0.810. The quantitative estimate of drug-likeness (QED) is 0.801. The average Bonchev–Trinajstić information content (AvgIpc) is 2.46. The van der Waals surface area contributed by atoms with Crippen LogP contribution in [0.1, 0.15) is 29.9 Å². The molecule has 3 nitrogen and oxygen atoms in total. The van der Waals surface area contributed by atoms with Gasteiger partial charge in [0.05, 0.1) is 12.5 Å². The molecule has 0 saturated carbocycles. The van der Waals surface area contributed by atoms with E-state index in [0.717, 1.165) is 5.56 Å². The maximum Gasteiger partial charge on any atom is 0.194 e. The van der Waals surface area contributed by atoms with E-state index >= 15 is 0 Å². The van der Waals surface area contributed by atoms with E-state index in [-0.39, 0.29) is 17.3 Å². The van der Waals surface area contributed by atoms with E-state index in [9.17, 15) is 9.18 Å². The Kier molecular flexibility index (Phi) is 3.84. The SMILES string of the molecule is COc1cccnc1C(=O)C(C)(C)c1ccc(F)cc1. The van der Waals surface area contributed by atoms with E-state index in [4.69, 9.17) is 4.74 Å². The highest BCUT2D eigenvalue weighted by Crippen LogP contribution is 2.30. The molecule has 1 aromatic heterocycles. The van der Waals surface area contributed by atoms with Gasteiger partial charge in [0.2, 0.25) is 0 Å². The Labute approximate surface area is 117 Å². The number of ketones is 1. The molecule has 2 aromatic rings. The molecule has 0 radical (unpaired) electrons. The topological polar surface area (TPSA) is 39.2 Å². The molecule has 0 atom stereocenters. The van der Waals surface area contributed by atoms with Gasteiger partial charge < -0.3 is 4.74 Å². The monoisotopic (exact) mass is 273 g/mol. The van der Waals surface area contributed by atoms with Crippen LogP contribution in [-0.4, -0.2) is 17.9 Å². The molecule has 2 rings (SSSR count). The van der Waals surface area contributed by atoms with Crippen molar-refractivity contribution in [1.29, 1.82) is 0 Å². The molecule has 0 saturated heterocycles. The number of pyridine rings is 1. The van der Waals surface area contributed by atoms with Crippen LogP contribution in [0.2, 0.25) is 0 Å². The molecule has 0 bridgehead atoms. The smallest absolute Gasteiger partial charge is 0.194 e. The number of halogens is 1. The molecule has 0 spiro atoms. The highest BCUT2D eigenvalue weighted by atomic mass is 19.1. The van der Waals surface area contributed by atoms with Crippen molar-refractivity contribution < 1.29 is 13.9 Å². The second kappa shape index (κ2) is 5.41.